The zero-order valence-corrected chi connectivity index (χ0v) is 12.7. The molecule has 0 bridgehead atoms. The van der Waals surface area contributed by atoms with Crippen molar-refractivity contribution in [1.82, 2.24) is 0 Å². The Bertz CT molecular complexity index is 830. The molecule has 0 saturated carbocycles. The number of carbonyl (C=O) groups is 1. The second-order valence-electron chi connectivity index (χ2n) is 4.79. The van der Waals surface area contributed by atoms with Gasteiger partial charge in [0.1, 0.15) is 0 Å². The zero-order chi connectivity index (χ0) is 14.8. The Hall–Kier alpha value is -2.33. The van der Waals surface area contributed by atoms with Crippen molar-refractivity contribution in [2.75, 3.05) is 11.1 Å². The summed E-state index contributed by atoms with van der Waals surface area (Å²) in [5.41, 5.74) is 7.64. The molecule has 21 heavy (non-hydrogen) atoms. The van der Waals surface area contributed by atoms with E-state index in [1.807, 2.05) is 48.5 Å². The van der Waals surface area contributed by atoms with E-state index in [9.17, 15) is 4.79 Å². The van der Waals surface area contributed by atoms with Gasteiger partial charge in [-0.15, -0.1) is 0 Å². The van der Waals surface area contributed by atoms with E-state index in [2.05, 4.69) is 21.2 Å². The smallest absolute Gasteiger partial charge is 0.255 e. The number of benzene rings is 3. The van der Waals surface area contributed by atoms with Crippen molar-refractivity contribution in [3.63, 3.8) is 0 Å². The molecular weight excluding hydrogens is 328 g/mol. The molecule has 0 aromatic heterocycles. The Morgan fingerprint density at radius 2 is 1.71 bits per heavy atom. The molecule has 3 aromatic rings. The summed E-state index contributed by atoms with van der Waals surface area (Å²) < 4.78 is 1.02. The van der Waals surface area contributed by atoms with Crippen molar-refractivity contribution < 1.29 is 4.79 Å². The summed E-state index contributed by atoms with van der Waals surface area (Å²) in [6.07, 6.45) is 0. The van der Waals surface area contributed by atoms with E-state index in [-0.39, 0.29) is 5.91 Å². The van der Waals surface area contributed by atoms with Gasteiger partial charge in [-0.05, 0) is 53.2 Å². The highest BCUT2D eigenvalue weighted by molar-refractivity contribution is 9.10. The lowest BCUT2D eigenvalue weighted by atomic mass is 10.1. The fourth-order valence-electron chi connectivity index (χ4n) is 2.18. The van der Waals surface area contributed by atoms with Gasteiger partial charge in [-0.25, -0.2) is 0 Å². The van der Waals surface area contributed by atoms with Crippen LogP contribution in [-0.2, 0) is 0 Å². The van der Waals surface area contributed by atoms with E-state index >= 15 is 0 Å². The second kappa shape index (κ2) is 5.58. The Kier molecular flexibility index (Phi) is 3.62. The lowest BCUT2D eigenvalue weighted by Crippen LogP contribution is -2.11. The Labute approximate surface area is 130 Å². The molecular formula is C17H13BrN2O. The number of anilines is 2. The van der Waals surface area contributed by atoms with Crippen molar-refractivity contribution >= 4 is 44.0 Å². The molecule has 0 saturated heterocycles. The predicted octanol–water partition coefficient (Wildman–Crippen LogP) is 4.44. The highest BCUT2D eigenvalue weighted by Crippen LogP contribution is 2.21. The van der Waals surface area contributed by atoms with Crippen LogP contribution in [0.3, 0.4) is 0 Å². The largest absolute Gasteiger partial charge is 0.399 e. The van der Waals surface area contributed by atoms with Gasteiger partial charge in [0.2, 0.25) is 0 Å². The van der Waals surface area contributed by atoms with Crippen LogP contribution in [0, 0.1) is 0 Å². The van der Waals surface area contributed by atoms with Crippen LogP contribution in [-0.4, -0.2) is 5.91 Å². The number of fused-ring (bicyclic) bond motifs is 1. The molecule has 0 heterocycles. The molecule has 0 spiro atoms. The molecule has 0 fully saturated rings. The van der Waals surface area contributed by atoms with Crippen LogP contribution in [0.2, 0.25) is 0 Å². The minimum absolute atomic E-state index is 0.148. The number of rotatable bonds is 2. The van der Waals surface area contributed by atoms with Gasteiger partial charge < -0.3 is 11.1 Å². The summed E-state index contributed by atoms with van der Waals surface area (Å²) in [5, 5.41) is 4.96. The Morgan fingerprint density at radius 3 is 2.52 bits per heavy atom. The van der Waals surface area contributed by atoms with Gasteiger partial charge in [0, 0.05) is 21.4 Å². The van der Waals surface area contributed by atoms with Crippen molar-refractivity contribution in [3.05, 3.63) is 70.7 Å². The van der Waals surface area contributed by atoms with Gasteiger partial charge in [-0.3, -0.25) is 4.79 Å². The number of carbonyl (C=O) groups excluding carboxylic acids is 1. The number of amides is 1. The van der Waals surface area contributed by atoms with Crippen LogP contribution >= 0.6 is 15.9 Å². The number of nitrogens with two attached hydrogens (primary N) is 1. The molecule has 104 valence electrons. The van der Waals surface area contributed by atoms with Gasteiger partial charge in [-0.2, -0.15) is 0 Å². The highest BCUT2D eigenvalue weighted by atomic mass is 79.9. The van der Waals surface area contributed by atoms with E-state index in [0.717, 1.165) is 15.2 Å². The number of halogens is 1. The maximum Gasteiger partial charge on any atom is 0.255 e. The summed E-state index contributed by atoms with van der Waals surface area (Å²) in [4.78, 5) is 12.3. The summed E-state index contributed by atoms with van der Waals surface area (Å²) >= 11 is 3.44. The molecule has 3 rings (SSSR count). The quantitative estimate of drug-likeness (QED) is 0.677. The van der Waals surface area contributed by atoms with Gasteiger partial charge in [0.15, 0.2) is 0 Å². The van der Waals surface area contributed by atoms with Gasteiger partial charge >= 0.3 is 0 Å². The molecule has 3 N–H and O–H groups in total. The molecule has 0 aliphatic heterocycles. The number of hydrogen-bond donors (Lipinski definition) is 2. The monoisotopic (exact) mass is 340 g/mol. The lowest BCUT2D eigenvalue weighted by molar-refractivity contribution is 0.102. The fraction of sp³-hybridized carbons (Fsp3) is 0. The average molecular weight is 341 g/mol. The van der Waals surface area contributed by atoms with Crippen LogP contribution < -0.4 is 11.1 Å². The molecule has 0 aliphatic carbocycles. The summed E-state index contributed by atoms with van der Waals surface area (Å²) in [5.74, 6) is -0.148. The van der Waals surface area contributed by atoms with Gasteiger partial charge in [0.25, 0.3) is 5.91 Å². The standard InChI is InChI=1S/C17H13BrN2O/c18-14-7-6-11-8-13(5-4-12(11)9-14)17(21)20-16-3-1-2-15(19)10-16/h1-10H,19H2,(H,20,21). The molecule has 0 radical (unpaired) electrons. The molecule has 3 aromatic carbocycles. The topological polar surface area (TPSA) is 55.1 Å². The molecule has 0 unspecified atom stereocenters. The van der Waals surface area contributed by atoms with E-state index in [0.29, 0.717) is 16.9 Å². The van der Waals surface area contributed by atoms with Crippen LogP contribution in [0.5, 0.6) is 0 Å². The normalized spacial score (nSPS) is 10.5. The molecule has 4 heteroatoms. The SMILES string of the molecule is Nc1cccc(NC(=O)c2ccc3cc(Br)ccc3c2)c1. The third kappa shape index (κ3) is 3.06. The fourth-order valence-corrected chi connectivity index (χ4v) is 2.56. The molecule has 3 nitrogen and oxygen atoms in total. The maximum absolute atomic E-state index is 12.3. The first-order valence-electron chi connectivity index (χ1n) is 6.48. The summed E-state index contributed by atoms with van der Waals surface area (Å²) in [7, 11) is 0. The molecule has 0 atom stereocenters. The van der Waals surface area contributed by atoms with Crippen LogP contribution in [0.25, 0.3) is 10.8 Å². The third-order valence-corrected chi connectivity index (χ3v) is 3.70. The number of nitrogen functional groups attached to an aromatic ring is 1. The zero-order valence-electron chi connectivity index (χ0n) is 11.1. The molecule has 1 amide bonds. The van der Waals surface area contributed by atoms with Crippen molar-refractivity contribution in [1.29, 1.82) is 0 Å². The van der Waals surface area contributed by atoms with Crippen molar-refractivity contribution in [2.24, 2.45) is 0 Å². The first-order valence-corrected chi connectivity index (χ1v) is 7.27. The number of nitrogens with one attached hydrogen (secondary N) is 1. The first kappa shape index (κ1) is 13.6. The van der Waals surface area contributed by atoms with Crippen molar-refractivity contribution in [2.45, 2.75) is 0 Å². The first-order chi connectivity index (χ1) is 10.1. The average Bonchev–Trinajstić information content (AvgIpc) is 2.46. The number of hydrogen-bond acceptors (Lipinski definition) is 2. The van der Waals surface area contributed by atoms with E-state index < -0.39 is 0 Å². The highest BCUT2D eigenvalue weighted by Gasteiger charge is 2.07. The predicted molar refractivity (Wildman–Crippen MR) is 90.5 cm³/mol. The second-order valence-corrected chi connectivity index (χ2v) is 5.70. The summed E-state index contributed by atoms with van der Waals surface area (Å²) in [6, 6.07) is 18.7. The lowest BCUT2D eigenvalue weighted by Gasteiger charge is -2.07. The van der Waals surface area contributed by atoms with Crippen LogP contribution in [0.1, 0.15) is 10.4 Å². The Morgan fingerprint density at radius 1 is 0.952 bits per heavy atom. The van der Waals surface area contributed by atoms with Crippen molar-refractivity contribution in [3.8, 4) is 0 Å². The van der Waals surface area contributed by atoms with Crippen LogP contribution in [0.15, 0.2) is 65.1 Å². The van der Waals surface area contributed by atoms with E-state index in [1.165, 1.54) is 0 Å². The summed E-state index contributed by atoms with van der Waals surface area (Å²) in [6.45, 7) is 0. The van der Waals surface area contributed by atoms with Crippen LogP contribution in [0.4, 0.5) is 11.4 Å². The molecule has 0 aliphatic rings. The minimum atomic E-state index is -0.148. The van der Waals surface area contributed by atoms with Gasteiger partial charge in [0.05, 0.1) is 0 Å². The Balaban J connectivity index is 1.89. The van der Waals surface area contributed by atoms with E-state index in [1.54, 1.807) is 12.1 Å². The van der Waals surface area contributed by atoms with Gasteiger partial charge in [-0.1, -0.05) is 34.1 Å². The van der Waals surface area contributed by atoms with E-state index in [4.69, 9.17) is 5.73 Å². The maximum atomic E-state index is 12.3. The minimum Gasteiger partial charge on any atom is -0.399 e. The third-order valence-electron chi connectivity index (χ3n) is 3.21.